The van der Waals surface area contributed by atoms with E-state index in [9.17, 15) is 4.79 Å². The van der Waals surface area contributed by atoms with Crippen LogP contribution in [0.25, 0.3) is 22.0 Å². The molecule has 2 aliphatic heterocycles. The van der Waals surface area contributed by atoms with Gasteiger partial charge in [-0.2, -0.15) is 4.98 Å². The summed E-state index contributed by atoms with van der Waals surface area (Å²) in [6, 6.07) is 13.5. The summed E-state index contributed by atoms with van der Waals surface area (Å²) in [5.74, 6) is 0.557. The maximum atomic E-state index is 13.0. The standard InChI is InChI=1S/C27H33N5O4/c1-27(2,17-32-10-13-34-14-11-32)31-24(33)19-5-3-18(4-6-19)20-7-8-23-22(15-20)25(30-26(28)29-23)36-21-9-12-35-16-21/h3-8,15,21H,9-14,16-17H2,1-2H3,(H,31,33)(H2,28,29,30)/t21-/m1/s1. The predicted octanol–water partition coefficient (Wildman–Crippen LogP) is 2.89. The topological polar surface area (TPSA) is 112 Å². The molecule has 0 aliphatic carbocycles. The molecule has 36 heavy (non-hydrogen) atoms. The average Bonchev–Trinajstić information content (AvgIpc) is 3.37. The highest BCUT2D eigenvalue weighted by Gasteiger charge is 2.25. The Hall–Kier alpha value is -3.27. The number of rotatable bonds is 7. The molecule has 0 saturated carbocycles. The summed E-state index contributed by atoms with van der Waals surface area (Å²) in [6.07, 6.45) is 0.772. The maximum absolute atomic E-state index is 13.0. The van der Waals surface area contributed by atoms with Crippen molar-refractivity contribution >= 4 is 22.8 Å². The number of nitrogen functional groups attached to an aromatic ring is 1. The van der Waals surface area contributed by atoms with E-state index < -0.39 is 0 Å². The molecule has 2 aliphatic rings. The zero-order chi connectivity index (χ0) is 25.1. The Morgan fingerprint density at radius 2 is 1.83 bits per heavy atom. The molecule has 9 nitrogen and oxygen atoms in total. The van der Waals surface area contributed by atoms with Gasteiger partial charge in [0.1, 0.15) is 6.10 Å². The van der Waals surface area contributed by atoms with Crippen molar-refractivity contribution in [2.45, 2.75) is 31.9 Å². The number of amides is 1. The number of carbonyl (C=O) groups excluding carboxylic acids is 1. The summed E-state index contributed by atoms with van der Waals surface area (Å²) >= 11 is 0. The number of nitrogens with two attached hydrogens (primary N) is 1. The minimum atomic E-state index is -0.353. The van der Waals surface area contributed by atoms with Crippen molar-refractivity contribution in [1.82, 2.24) is 20.2 Å². The normalized spacial score (nSPS) is 18.9. The monoisotopic (exact) mass is 491 g/mol. The Kier molecular flexibility index (Phi) is 7.04. The van der Waals surface area contributed by atoms with E-state index >= 15 is 0 Å². The lowest BCUT2D eigenvalue weighted by Gasteiger charge is -2.35. The fourth-order valence-electron chi connectivity index (χ4n) is 4.70. The highest BCUT2D eigenvalue weighted by Crippen LogP contribution is 2.30. The minimum absolute atomic E-state index is 0.0450. The van der Waals surface area contributed by atoms with E-state index in [2.05, 4.69) is 34.0 Å². The smallest absolute Gasteiger partial charge is 0.251 e. The molecule has 2 saturated heterocycles. The molecule has 2 fully saturated rings. The zero-order valence-electron chi connectivity index (χ0n) is 20.8. The van der Waals surface area contributed by atoms with E-state index in [-0.39, 0.29) is 23.5 Å². The Morgan fingerprint density at radius 3 is 2.56 bits per heavy atom. The first-order chi connectivity index (χ1) is 17.4. The summed E-state index contributed by atoms with van der Waals surface area (Å²) in [6.45, 7) is 9.35. The van der Waals surface area contributed by atoms with Crippen molar-refractivity contribution in [1.29, 1.82) is 0 Å². The summed E-state index contributed by atoms with van der Waals surface area (Å²) < 4.78 is 16.9. The molecule has 1 atom stereocenters. The second kappa shape index (κ2) is 10.4. The molecule has 3 aromatic rings. The summed E-state index contributed by atoms with van der Waals surface area (Å²) in [4.78, 5) is 24.0. The van der Waals surface area contributed by atoms with Gasteiger partial charge in [-0.15, -0.1) is 0 Å². The Balaban J connectivity index is 1.31. The van der Waals surface area contributed by atoms with Gasteiger partial charge in [0.15, 0.2) is 0 Å². The number of hydrogen-bond donors (Lipinski definition) is 2. The van der Waals surface area contributed by atoms with Gasteiger partial charge in [-0.3, -0.25) is 9.69 Å². The van der Waals surface area contributed by atoms with Gasteiger partial charge in [0.25, 0.3) is 5.91 Å². The second-order valence-corrected chi connectivity index (χ2v) is 10.0. The van der Waals surface area contributed by atoms with Gasteiger partial charge < -0.3 is 25.3 Å². The molecule has 5 rings (SSSR count). The number of carbonyl (C=O) groups is 1. The fraction of sp³-hybridized carbons (Fsp3) is 0.444. The number of nitrogens with zero attached hydrogens (tertiary/aromatic N) is 3. The van der Waals surface area contributed by atoms with Crippen molar-refractivity contribution in [3.63, 3.8) is 0 Å². The number of aromatic nitrogens is 2. The van der Waals surface area contributed by atoms with Crippen LogP contribution in [0.4, 0.5) is 5.95 Å². The fourth-order valence-corrected chi connectivity index (χ4v) is 4.70. The molecular weight excluding hydrogens is 458 g/mol. The first-order valence-corrected chi connectivity index (χ1v) is 12.4. The highest BCUT2D eigenvalue weighted by atomic mass is 16.5. The number of morpholine rings is 1. The first kappa shape index (κ1) is 24.4. The molecule has 2 aromatic carbocycles. The largest absolute Gasteiger partial charge is 0.471 e. The van der Waals surface area contributed by atoms with Crippen LogP contribution < -0.4 is 15.8 Å². The molecular formula is C27H33N5O4. The molecule has 1 aromatic heterocycles. The van der Waals surface area contributed by atoms with Crippen LogP contribution in [0.15, 0.2) is 42.5 Å². The first-order valence-electron chi connectivity index (χ1n) is 12.4. The van der Waals surface area contributed by atoms with Gasteiger partial charge in [-0.1, -0.05) is 18.2 Å². The van der Waals surface area contributed by atoms with Crippen molar-refractivity contribution in [2.24, 2.45) is 0 Å². The molecule has 190 valence electrons. The SMILES string of the molecule is CC(C)(CN1CCOCC1)NC(=O)c1ccc(-c2ccc3nc(N)nc(O[C@@H]4CCOC4)c3c2)cc1. The molecule has 0 unspecified atom stereocenters. The van der Waals surface area contributed by atoms with Crippen LogP contribution in [0.3, 0.4) is 0 Å². The number of nitrogens with one attached hydrogen (secondary N) is 1. The van der Waals surface area contributed by atoms with E-state index in [1.807, 2.05) is 42.5 Å². The number of anilines is 1. The molecule has 0 spiro atoms. The summed E-state index contributed by atoms with van der Waals surface area (Å²) in [5.41, 5.74) is 8.85. The van der Waals surface area contributed by atoms with Crippen LogP contribution >= 0.6 is 0 Å². The van der Waals surface area contributed by atoms with E-state index in [4.69, 9.17) is 19.9 Å². The van der Waals surface area contributed by atoms with E-state index in [1.165, 1.54) is 0 Å². The van der Waals surface area contributed by atoms with Gasteiger partial charge >= 0.3 is 0 Å². The summed E-state index contributed by atoms with van der Waals surface area (Å²) in [5, 5.41) is 3.97. The highest BCUT2D eigenvalue weighted by molar-refractivity contribution is 5.95. The average molecular weight is 492 g/mol. The predicted molar refractivity (Wildman–Crippen MR) is 138 cm³/mol. The van der Waals surface area contributed by atoms with E-state index in [1.54, 1.807) is 0 Å². The lowest BCUT2D eigenvalue weighted by molar-refractivity contribution is 0.0269. The number of benzene rings is 2. The Labute approximate surface area is 210 Å². The Bertz CT molecular complexity index is 1220. The third-order valence-electron chi connectivity index (χ3n) is 6.50. The van der Waals surface area contributed by atoms with Gasteiger partial charge in [0.05, 0.1) is 37.3 Å². The van der Waals surface area contributed by atoms with Crippen LogP contribution in [0.2, 0.25) is 0 Å². The van der Waals surface area contributed by atoms with Crippen LogP contribution in [-0.2, 0) is 9.47 Å². The van der Waals surface area contributed by atoms with Gasteiger partial charge in [-0.05, 0) is 49.2 Å². The van der Waals surface area contributed by atoms with Crippen molar-refractivity contribution < 1.29 is 19.0 Å². The van der Waals surface area contributed by atoms with Crippen LogP contribution in [0.1, 0.15) is 30.6 Å². The summed E-state index contributed by atoms with van der Waals surface area (Å²) in [7, 11) is 0. The number of fused-ring (bicyclic) bond motifs is 1. The third-order valence-corrected chi connectivity index (χ3v) is 6.50. The zero-order valence-corrected chi connectivity index (χ0v) is 20.8. The van der Waals surface area contributed by atoms with Crippen LogP contribution in [0, 0.1) is 0 Å². The quantitative estimate of drug-likeness (QED) is 0.519. The van der Waals surface area contributed by atoms with Crippen molar-refractivity contribution in [3.8, 4) is 17.0 Å². The minimum Gasteiger partial charge on any atom is -0.471 e. The lowest BCUT2D eigenvalue weighted by Crippen LogP contribution is -2.53. The van der Waals surface area contributed by atoms with Gasteiger partial charge in [0, 0.05) is 37.2 Å². The van der Waals surface area contributed by atoms with Crippen LogP contribution in [-0.4, -0.2) is 78.5 Å². The van der Waals surface area contributed by atoms with Crippen molar-refractivity contribution in [2.75, 3.05) is 51.8 Å². The van der Waals surface area contributed by atoms with E-state index in [0.29, 0.717) is 24.7 Å². The van der Waals surface area contributed by atoms with Crippen molar-refractivity contribution in [3.05, 3.63) is 48.0 Å². The molecule has 1 amide bonds. The second-order valence-electron chi connectivity index (χ2n) is 10.0. The van der Waals surface area contributed by atoms with Gasteiger partial charge in [0.2, 0.25) is 11.8 Å². The maximum Gasteiger partial charge on any atom is 0.251 e. The van der Waals surface area contributed by atoms with E-state index in [0.717, 1.165) is 61.3 Å². The molecule has 3 N–H and O–H groups in total. The van der Waals surface area contributed by atoms with Gasteiger partial charge in [-0.25, -0.2) is 4.98 Å². The lowest BCUT2D eigenvalue weighted by atomic mass is 10.0. The number of hydrogen-bond acceptors (Lipinski definition) is 8. The molecule has 0 radical (unpaired) electrons. The third kappa shape index (κ3) is 5.75. The number of ether oxygens (including phenoxy) is 3. The van der Waals surface area contributed by atoms with Crippen LogP contribution in [0.5, 0.6) is 5.88 Å². The Morgan fingerprint density at radius 1 is 1.08 bits per heavy atom. The molecule has 3 heterocycles. The molecule has 0 bridgehead atoms. The molecule has 9 heteroatoms.